The van der Waals surface area contributed by atoms with E-state index < -0.39 is 0 Å². The maximum absolute atomic E-state index is 12.4. The molecule has 0 atom stereocenters. The van der Waals surface area contributed by atoms with Gasteiger partial charge in [0.05, 0.1) is 27.6 Å². The molecular weight excluding hydrogens is 307 g/mol. The van der Waals surface area contributed by atoms with Crippen LogP contribution in [0.4, 0.5) is 0 Å². The fourth-order valence-electron chi connectivity index (χ4n) is 2.30. The van der Waals surface area contributed by atoms with Crippen LogP contribution in [-0.4, -0.2) is 15.3 Å². The van der Waals surface area contributed by atoms with Crippen molar-refractivity contribution in [3.8, 4) is 0 Å². The SMILES string of the molecule is Cc1nc2ccccc2n1CC(=O)c1ccc(Cl)c(Cl)c1. The molecule has 0 aliphatic carbocycles. The normalized spacial score (nSPS) is 11.0. The molecule has 0 bridgehead atoms. The fraction of sp³-hybridized carbons (Fsp3) is 0.125. The first kappa shape index (κ1) is 14.1. The Morgan fingerprint density at radius 1 is 1.14 bits per heavy atom. The minimum atomic E-state index is -0.0279. The summed E-state index contributed by atoms with van der Waals surface area (Å²) in [6.45, 7) is 2.12. The Hall–Kier alpha value is -1.84. The second-order valence-electron chi connectivity index (χ2n) is 4.79. The number of imidazole rings is 1. The molecule has 3 aromatic rings. The smallest absolute Gasteiger partial charge is 0.182 e. The number of para-hydroxylation sites is 2. The Balaban J connectivity index is 1.96. The molecule has 5 heteroatoms. The molecule has 1 aromatic heterocycles. The highest BCUT2D eigenvalue weighted by Crippen LogP contribution is 2.23. The van der Waals surface area contributed by atoms with Gasteiger partial charge in [-0.2, -0.15) is 0 Å². The van der Waals surface area contributed by atoms with E-state index in [1.165, 1.54) is 0 Å². The fourth-order valence-corrected chi connectivity index (χ4v) is 2.60. The van der Waals surface area contributed by atoms with Crippen LogP contribution in [0.1, 0.15) is 16.2 Å². The molecule has 0 aliphatic heterocycles. The van der Waals surface area contributed by atoms with Gasteiger partial charge in [0.15, 0.2) is 5.78 Å². The summed E-state index contributed by atoms with van der Waals surface area (Å²) in [7, 11) is 0. The highest BCUT2D eigenvalue weighted by Gasteiger charge is 2.13. The van der Waals surface area contributed by atoms with E-state index in [2.05, 4.69) is 4.98 Å². The molecule has 1 heterocycles. The molecule has 21 heavy (non-hydrogen) atoms. The third-order valence-electron chi connectivity index (χ3n) is 3.39. The second kappa shape index (κ2) is 5.51. The summed E-state index contributed by atoms with van der Waals surface area (Å²) in [6, 6.07) is 12.7. The predicted molar refractivity (Wildman–Crippen MR) is 85.3 cm³/mol. The molecule has 0 fully saturated rings. The first-order valence-electron chi connectivity index (χ1n) is 6.46. The van der Waals surface area contributed by atoms with Crippen LogP contribution in [0.2, 0.25) is 10.0 Å². The number of ketones is 1. The van der Waals surface area contributed by atoms with Gasteiger partial charge < -0.3 is 4.57 Å². The van der Waals surface area contributed by atoms with E-state index in [1.54, 1.807) is 18.2 Å². The van der Waals surface area contributed by atoms with E-state index in [9.17, 15) is 4.79 Å². The molecular formula is C16H12Cl2N2O. The first-order chi connectivity index (χ1) is 10.1. The van der Waals surface area contributed by atoms with Crippen molar-refractivity contribution in [2.24, 2.45) is 0 Å². The van der Waals surface area contributed by atoms with Crippen LogP contribution in [0, 0.1) is 6.92 Å². The zero-order chi connectivity index (χ0) is 15.0. The van der Waals surface area contributed by atoms with E-state index in [0.29, 0.717) is 15.6 Å². The van der Waals surface area contributed by atoms with Crippen molar-refractivity contribution in [3.63, 3.8) is 0 Å². The highest BCUT2D eigenvalue weighted by atomic mass is 35.5. The molecule has 0 N–H and O–H groups in total. The zero-order valence-corrected chi connectivity index (χ0v) is 12.8. The van der Waals surface area contributed by atoms with Gasteiger partial charge in [0.25, 0.3) is 0 Å². The Morgan fingerprint density at radius 2 is 1.90 bits per heavy atom. The van der Waals surface area contributed by atoms with E-state index >= 15 is 0 Å². The second-order valence-corrected chi connectivity index (χ2v) is 5.60. The van der Waals surface area contributed by atoms with Crippen LogP contribution >= 0.6 is 23.2 Å². The van der Waals surface area contributed by atoms with Gasteiger partial charge in [-0.1, -0.05) is 35.3 Å². The summed E-state index contributed by atoms with van der Waals surface area (Å²) in [6.07, 6.45) is 0. The van der Waals surface area contributed by atoms with Gasteiger partial charge in [0, 0.05) is 5.56 Å². The average molecular weight is 319 g/mol. The number of carbonyl (C=O) groups is 1. The van der Waals surface area contributed by atoms with E-state index in [4.69, 9.17) is 23.2 Å². The number of hydrogen-bond donors (Lipinski definition) is 0. The summed E-state index contributed by atoms with van der Waals surface area (Å²) in [5, 5.41) is 0.826. The van der Waals surface area contributed by atoms with Crippen LogP contribution in [0.3, 0.4) is 0 Å². The quantitative estimate of drug-likeness (QED) is 0.665. The predicted octanol–water partition coefficient (Wildman–Crippen LogP) is 4.53. The van der Waals surface area contributed by atoms with Crippen molar-refractivity contribution >= 4 is 40.0 Å². The summed E-state index contributed by atoms with van der Waals surface area (Å²) >= 11 is 11.8. The maximum atomic E-state index is 12.4. The number of hydrogen-bond acceptors (Lipinski definition) is 2. The number of halogens is 2. The van der Waals surface area contributed by atoms with E-state index in [1.807, 2.05) is 35.8 Å². The van der Waals surface area contributed by atoms with Gasteiger partial charge >= 0.3 is 0 Å². The lowest BCUT2D eigenvalue weighted by atomic mass is 10.1. The molecule has 0 spiro atoms. The van der Waals surface area contributed by atoms with Gasteiger partial charge in [0.2, 0.25) is 0 Å². The van der Waals surface area contributed by atoms with E-state index in [0.717, 1.165) is 16.9 Å². The molecule has 106 valence electrons. The minimum Gasteiger partial charge on any atom is -0.320 e. The van der Waals surface area contributed by atoms with Crippen molar-refractivity contribution < 1.29 is 4.79 Å². The number of fused-ring (bicyclic) bond motifs is 1. The molecule has 0 saturated heterocycles. The summed E-state index contributed by atoms with van der Waals surface area (Å²) in [5.74, 6) is 0.782. The topological polar surface area (TPSA) is 34.9 Å². The lowest BCUT2D eigenvalue weighted by molar-refractivity contribution is 0.0972. The van der Waals surface area contributed by atoms with Gasteiger partial charge in [-0.05, 0) is 37.3 Å². The Kier molecular flexibility index (Phi) is 3.70. The van der Waals surface area contributed by atoms with Crippen molar-refractivity contribution in [2.75, 3.05) is 0 Å². The molecule has 2 aromatic carbocycles. The van der Waals surface area contributed by atoms with Crippen molar-refractivity contribution in [1.82, 2.24) is 9.55 Å². The summed E-state index contributed by atoms with van der Waals surface area (Å²) < 4.78 is 1.90. The first-order valence-corrected chi connectivity index (χ1v) is 7.22. The average Bonchev–Trinajstić information content (AvgIpc) is 2.78. The van der Waals surface area contributed by atoms with Gasteiger partial charge in [0.1, 0.15) is 5.82 Å². The number of aromatic nitrogens is 2. The largest absolute Gasteiger partial charge is 0.320 e. The third-order valence-corrected chi connectivity index (χ3v) is 4.13. The van der Waals surface area contributed by atoms with Crippen LogP contribution < -0.4 is 0 Å². The molecule has 3 nitrogen and oxygen atoms in total. The molecule has 0 unspecified atom stereocenters. The lowest BCUT2D eigenvalue weighted by Gasteiger charge is -2.07. The van der Waals surface area contributed by atoms with Crippen LogP contribution in [-0.2, 0) is 6.54 Å². The Morgan fingerprint density at radius 3 is 2.67 bits per heavy atom. The summed E-state index contributed by atoms with van der Waals surface area (Å²) in [4.78, 5) is 16.9. The molecule has 0 saturated carbocycles. The number of rotatable bonds is 3. The van der Waals surface area contributed by atoms with Gasteiger partial charge in [-0.3, -0.25) is 4.79 Å². The zero-order valence-electron chi connectivity index (χ0n) is 11.3. The van der Waals surface area contributed by atoms with Crippen molar-refractivity contribution in [1.29, 1.82) is 0 Å². The number of nitrogens with zero attached hydrogens (tertiary/aromatic N) is 2. The molecule has 0 aliphatic rings. The maximum Gasteiger partial charge on any atom is 0.182 e. The van der Waals surface area contributed by atoms with Crippen LogP contribution in [0.25, 0.3) is 11.0 Å². The van der Waals surface area contributed by atoms with Crippen molar-refractivity contribution in [3.05, 3.63) is 63.9 Å². The molecule has 0 amide bonds. The Bertz CT molecular complexity index is 839. The van der Waals surface area contributed by atoms with E-state index in [-0.39, 0.29) is 12.3 Å². The van der Waals surface area contributed by atoms with Gasteiger partial charge in [-0.15, -0.1) is 0 Å². The monoisotopic (exact) mass is 318 g/mol. The standard InChI is InChI=1S/C16H12Cl2N2O/c1-10-19-14-4-2-3-5-15(14)20(10)9-16(21)11-6-7-12(17)13(18)8-11/h2-8H,9H2,1H3. The number of carbonyl (C=O) groups excluding carboxylic acids is 1. The van der Waals surface area contributed by atoms with Crippen molar-refractivity contribution in [2.45, 2.75) is 13.5 Å². The third kappa shape index (κ3) is 2.67. The highest BCUT2D eigenvalue weighted by molar-refractivity contribution is 6.42. The number of Topliss-reactive ketones (excluding diaryl/α,β-unsaturated/α-hetero) is 1. The molecule has 0 radical (unpaired) electrons. The lowest BCUT2D eigenvalue weighted by Crippen LogP contribution is -2.11. The Labute approximate surface area is 132 Å². The number of aryl methyl sites for hydroxylation is 1. The van der Waals surface area contributed by atoms with Crippen LogP contribution in [0.5, 0.6) is 0 Å². The number of benzene rings is 2. The summed E-state index contributed by atoms with van der Waals surface area (Å²) in [5.41, 5.74) is 2.38. The van der Waals surface area contributed by atoms with Crippen LogP contribution in [0.15, 0.2) is 42.5 Å². The minimum absolute atomic E-state index is 0.0279. The molecule has 3 rings (SSSR count). The van der Waals surface area contributed by atoms with Gasteiger partial charge in [-0.25, -0.2) is 4.98 Å².